The van der Waals surface area contributed by atoms with Gasteiger partial charge in [-0.15, -0.1) is 11.3 Å². The molecule has 0 spiro atoms. The average Bonchev–Trinajstić information content (AvgIpc) is 2.90. The predicted octanol–water partition coefficient (Wildman–Crippen LogP) is 5.20. The van der Waals surface area contributed by atoms with Crippen molar-refractivity contribution in [1.29, 1.82) is 0 Å². The lowest BCUT2D eigenvalue weighted by Gasteiger charge is -2.36. The van der Waals surface area contributed by atoms with Crippen molar-refractivity contribution in [2.75, 3.05) is 25.5 Å². The Labute approximate surface area is 131 Å². The summed E-state index contributed by atoms with van der Waals surface area (Å²) in [7, 11) is 2.27. The van der Waals surface area contributed by atoms with Crippen molar-refractivity contribution in [1.82, 2.24) is 4.90 Å². The molecule has 0 aliphatic heterocycles. The molecule has 0 unspecified atom stereocenters. The number of nitrogens with zero attached hydrogens (tertiary/aromatic N) is 1. The Morgan fingerprint density at radius 2 is 1.95 bits per heavy atom. The quantitative estimate of drug-likeness (QED) is 0.526. The molecule has 1 aromatic rings. The highest BCUT2D eigenvalue weighted by atomic mass is 79.9. The van der Waals surface area contributed by atoms with Crippen LogP contribution in [0.1, 0.15) is 44.4 Å². The molecule has 0 saturated heterocycles. The predicted molar refractivity (Wildman–Crippen MR) is 91.6 cm³/mol. The Morgan fingerprint density at radius 1 is 1.26 bits per heavy atom. The van der Waals surface area contributed by atoms with Crippen LogP contribution < -0.4 is 0 Å². The summed E-state index contributed by atoms with van der Waals surface area (Å²) >= 11 is 5.64. The topological polar surface area (TPSA) is 3.24 Å². The van der Waals surface area contributed by atoms with E-state index in [9.17, 15) is 0 Å². The molecule has 19 heavy (non-hydrogen) atoms. The van der Waals surface area contributed by atoms with Crippen LogP contribution in [0.15, 0.2) is 17.5 Å². The van der Waals surface area contributed by atoms with E-state index in [4.69, 9.17) is 0 Å². The normalized spacial score (nSPS) is 12.3. The molecular weight excluding hydrogens is 318 g/mol. The van der Waals surface area contributed by atoms with E-state index in [1.54, 1.807) is 0 Å². The second kappa shape index (κ2) is 9.15. The molecular formula is C16H28BrNS. The number of rotatable bonds is 10. The van der Waals surface area contributed by atoms with E-state index in [0.717, 1.165) is 5.33 Å². The van der Waals surface area contributed by atoms with E-state index < -0.39 is 0 Å². The van der Waals surface area contributed by atoms with Crippen molar-refractivity contribution in [3.05, 3.63) is 22.4 Å². The van der Waals surface area contributed by atoms with Crippen LogP contribution in [0, 0.1) is 5.41 Å². The summed E-state index contributed by atoms with van der Waals surface area (Å²) in [5.41, 5.74) is 0.466. The van der Waals surface area contributed by atoms with E-state index in [2.05, 4.69) is 59.2 Å². The molecule has 0 radical (unpaired) electrons. The number of hydrogen-bond acceptors (Lipinski definition) is 2. The maximum atomic E-state index is 3.77. The summed E-state index contributed by atoms with van der Waals surface area (Å²) in [6.07, 6.45) is 6.41. The van der Waals surface area contributed by atoms with E-state index >= 15 is 0 Å². The second-order valence-electron chi connectivity index (χ2n) is 5.70. The fourth-order valence-corrected chi connectivity index (χ4v) is 4.36. The molecule has 0 fully saturated rings. The molecule has 0 N–H and O–H groups in total. The molecule has 0 bridgehead atoms. The highest BCUT2D eigenvalue weighted by Crippen LogP contribution is 2.33. The number of hydrogen-bond donors (Lipinski definition) is 0. The van der Waals surface area contributed by atoms with E-state index in [1.807, 2.05) is 11.3 Å². The van der Waals surface area contributed by atoms with Crippen LogP contribution in [0.5, 0.6) is 0 Å². The lowest BCUT2D eigenvalue weighted by molar-refractivity contribution is 0.172. The Kier molecular flexibility index (Phi) is 8.27. The van der Waals surface area contributed by atoms with Crippen molar-refractivity contribution in [3.63, 3.8) is 0 Å². The Bertz CT molecular complexity index is 317. The first kappa shape index (κ1) is 17.2. The van der Waals surface area contributed by atoms with Crippen LogP contribution in [0.4, 0.5) is 0 Å². The first-order valence-electron chi connectivity index (χ1n) is 7.42. The Balaban J connectivity index is 2.47. The molecule has 0 amide bonds. The third-order valence-corrected chi connectivity index (χ3v) is 5.90. The molecule has 1 rings (SSSR count). The van der Waals surface area contributed by atoms with Crippen molar-refractivity contribution in [2.45, 2.75) is 46.0 Å². The van der Waals surface area contributed by atoms with Gasteiger partial charge in [0.25, 0.3) is 0 Å². The molecule has 3 heteroatoms. The van der Waals surface area contributed by atoms with Gasteiger partial charge in [0.15, 0.2) is 0 Å². The van der Waals surface area contributed by atoms with Crippen LogP contribution in [0.3, 0.4) is 0 Å². The van der Waals surface area contributed by atoms with Gasteiger partial charge in [-0.3, -0.25) is 0 Å². The SMILES string of the molecule is CCCC(CBr)(CCC)CN(C)CCc1cccs1. The number of halogens is 1. The Hall–Kier alpha value is 0.140. The first-order chi connectivity index (χ1) is 9.15. The number of thiophene rings is 1. The summed E-state index contributed by atoms with van der Waals surface area (Å²) < 4.78 is 0. The Morgan fingerprint density at radius 3 is 2.42 bits per heavy atom. The van der Waals surface area contributed by atoms with Crippen LogP contribution >= 0.6 is 27.3 Å². The molecule has 0 aliphatic rings. The van der Waals surface area contributed by atoms with Crippen LogP contribution in [0.2, 0.25) is 0 Å². The minimum Gasteiger partial charge on any atom is -0.305 e. The van der Waals surface area contributed by atoms with Gasteiger partial charge in [0, 0.05) is 23.3 Å². The van der Waals surface area contributed by atoms with Crippen molar-refractivity contribution in [3.8, 4) is 0 Å². The summed E-state index contributed by atoms with van der Waals surface area (Å²) in [5, 5.41) is 3.30. The van der Waals surface area contributed by atoms with Crippen LogP contribution in [0.25, 0.3) is 0 Å². The molecule has 110 valence electrons. The lowest BCUT2D eigenvalue weighted by Crippen LogP contribution is -2.38. The van der Waals surface area contributed by atoms with Gasteiger partial charge in [-0.25, -0.2) is 0 Å². The zero-order valence-corrected chi connectivity index (χ0v) is 15.0. The van der Waals surface area contributed by atoms with E-state index in [0.29, 0.717) is 5.41 Å². The minimum absolute atomic E-state index is 0.466. The van der Waals surface area contributed by atoms with E-state index in [1.165, 1.54) is 50.1 Å². The largest absolute Gasteiger partial charge is 0.305 e. The first-order valence-corrected chi connectivity index (χ1v) is 9.43. The molecule has 1 nitrogen and oxygen atoms in total. The fourth-order valence-electron chi connectivity index (χ4n) is 2.93. The minimum atomic E-state index is 0.466. The van der Waals surface area contributed by atoms with Gasteiger partial charge in [-0.1, -0.05) is 48.7 Å². The smallest absolute Gasteiger partial charge is 0.0100 e. The third-order valence-electron chi connectivity index (χ3n) is 3.77. The lowest BCUT2D eigenvalue weighted by atomic mass is 9.81. The standard InChI is InChI=1S/C16H28BrNS/c1-4-9-16(13-17,10-5-2)14-18(3)11-8-15-7-6-12-19-15/h6-7,12H,4-5,8-11,13-14H2,1-3H3. The summed E-state index contributed by atoms with van der Waals surface area (Å²) in [4.78, 5) is 4.02. The zero-order valence-electron chi connectivity index (χ0n) is 12.6. The summed E-state index contributed by atoms with van der Waals surface area (Å²) in [6, 6.07) is 4.39. The summed E-state index contributed by atoms with van der Waals surface area (Å²) in [6.45, 7) is 6.99. The second-order valence-corrected chi connectivity index (χ2v) is 7.29. The highest BCUT2D eigenvalue weighted by molar-refractivity contribution is 9.09. The van der Waals surface area contributed by atoms with Gasteiger partial charge in [0.05, 0.1) is 0 Å². The van der Waals surface area contributed by atoms with Gasteiger partial charge < -0.3 is 4.90 Å². The fraction of sp³-hybridized carbons (Fsp3) is 0.750. The molecule has 0 saturated carbocycles. The van der Waals surface area contributed by atoms with Crippen LogP contribution in [-0.2, 0) is 6.42 Å². The molecule has 1 heterocycles. The van der Waals surface area contributed by atoms with Crippen molar-refractivity contribution in [2.24, 2.45) is 5.41 Å². The van der Waals surface area contributed by atoms with E-state index in [-0.39, 0.29) is 0 Å². The van der Waals surface area contributed by atoms with Gasteiger partial charge >= 0.3 is 0 Å². The average molecular weight is 346 g/mol. The number of alkyl halides is 1. The zero-order chi connectivity index (χ0) is 14.1. The van der Waals surface area contributed by atoms with Crippen molar-refractivity contribution >= 4 is 27.3 Å². The monoisotopic (exact) mass is 345 g/mol. The van der Waals surface area contributed by atoms with Gasteiger partial charge in [-0.05, 0) is 43.2 Å². The van der Waals surface area contributed by atoms with Gasteiger partial charge in [-0.2, -0.15) is 0 Å². The van der Waals surface area contributed by atoms with Crippen LogP contribution in [-0.4, -0.2) is 30.4 Å². The van der Waals surface area contributed by atoms with Crippen molar-refractivity contribution < 1.29 is 0 Å². The maximum absolute atomic E-state index is 3.77. The summed E-state index contributed by atoms with van der Waals surface area (Å²) in [5.74, 6) is 0. The third kappa shape index (κ3) is 5.97. The molecule has 0 aliphatic carbocycles. The maximum Gasteiger partial charge on any atom is 0.0100 e. The molecule has 0 aromatic carbocycles. The van der Waals surface area contributed by atoms with Gasteiger partial charge in [0.2, 0.25) is 0 Å². The molecule has 1 aromatic heterocycles. The highest BCUT2D eigenvalue weighted by Gasteiger charge is 2.28. The van der Waals surface area contributed by atoms with Gasteiger partial charge in [0.1, 0.15) is 0 Å². The molecule has 0 atom stereocenters. The number of likely N-dealkylation sites (N-methyl/N-ethyl adjacent to an activating group) is 1.